The molecule has 122 valence electrons. The fourth-order valence-corrected chi connectivity index (χ4v) is 2.38. The smallest absolute Gasteiger partial charge is 0.280 e. The Morgan fingerprint density at radius 2 is 1.83 bits per heavy atom. The van der Waals surface area contributed by atoms with Gasteiger partial charge in [-0.15, -0.1) is 0 Å². The second-order valence-corrected chi connectivity index (χ2v) is 6.19. The van der Waals surface area contributed by atoms with E-state index in [4.69, 9.17) is 4.74 Å². The number of hydrazone groups is 1. The highest BCUT2D eigenvalue weighted by Gasteiger charge is 2.14. The average molecular weight is 312 g/mol. The molecule has 0 saturated heterocycles. The van der Waals surface area contributed by atoms with Crippen molar-refractivity contribution in [1.82, 2.24) is 5.43 Å². The molecular formula is C19H24N2O2. The van der Waals surface area contributed by atoms with Crippen LogP contribution in [0.1, 0.15) is 34.1 Å². The molecule has 0 heterocycles. The van der Waals surface area contributed by atoms with Crippen LogP contribution < -0.4 is 10.2 Å². The Labute approximate surface area is 137 Å². The van der Waals surface area contributed by atoms with Crippen molar-refractivity contribution in [2.45, 2.75) is 40.2 Å². The first-order valence-electron chi connectivity index (χ1n) is 7.94. The van der Waals surface area contributed by atoms with Gasteiger partial charge in [0.15, 0.2) is 6.10 Å². The number of hydrogen-bond acceptors (Lipinski definition) is 3. The number of carbonyl (C=O) groups is 1. The summed E-state index contributed by atoms with van der Waals surface area (Å²) < 4.78 is 5.72. The second kappa shape index (κ2) is 7.77. The molecule has 0 bridgehead atoms. The van der Waals surface area contributed by atoms with Crippen molar-refractivity contribution in [2.75, 3.05) is 0 Å². The lowest BCUT2D eigenvalue weighted by atomic mass is 10.1. The lowest BCUT2D eigenvalue weighted by Gasteiger charge is -2.14. The van der Waals surface area contributed by atoms with E-state index in [1.54, 1.807) is 6.92 Å². The molecule has 2 aromatic carbocycles. The molecule has 4 nitrogen and oxygen atoms in total. The maximum atomic E-state index is 12.1. The Bertz CT molecular complexity index is 707. The number of nitrogens with one attached hydrogen (secondary N) is 1. The minimum absolute atomic E-state index is 0.249. The molecule has 2 aromatic rings. The lowest BCUT2D eigenvalue weighted by molar-refractivity contribution is -0.127. The Morgan fingerprint density at radius 3 is 2.52 bits per heavy atom. The number of hydrogen-bond donors (Lipinski definition) is 1. The molecule has 23 heavy (non-hydrogen) atoms. The van der Waals surface area contributed by atoms with Crippen molar-refractivity contribution in [3.8, 4) is 5.75 Å². The van der Waals surface area contributed by atoms with Gasteiger partial charge in [-0.1, -0.05) is 44.2 Å². The third-order valence-corrected chi connectivity index (χ3v) is 3.46. The number of fused-ring (bicyclic) bond motifs is 1. The van der Waals surface area contributed by atoms with Crippen molar-refractivity contribution in [3.63, 3.8) is 0 Å². The Kier molecular flexibility index (Phi) is 5.74. The summed E-state index contributed by atoms with van der Waals surface area (Å²) in [5, 5.41) is 6.34. The predicted octanol–water partition coefficient (Wildman–Crippen LogP) is 4.15. The molecule has 0 aliphatic carbocycles. The fourth-order valence-electron chi connectivity index (χ4n) is 2.38. The molecule has 4 heteroatoms. The van der Waals surface area contributed by atoms with Gasteiger partial charge in [-0.25, -0.2) is 5.43 Å². The van der Waals surface area contributed by atoms with Gasteiger partial charge in [0.2, 0.25) is 0 Å². The van der Waals surface area contributed by atoms with Crippen molar-refractivity contribution in [2.24, 2.45) is 11.0 Å². The summed E-state index contributed by atoms with van der Waals surface area (Å²) in [6.45, 7) is 7.87. The molecule has 0 aliphatic heterocycles. The Hall–Kier alpha value is -2.36. The Balaban J connectivity index is 1.96. The van der Waals surface area contributed by atoms with E-state index in [0.717, 1.165) is 22.9 Å². The summed E-state index contributed by atoms with van der Waals surface area (Å²) in [6.07, 6.45) is 0.256. The summed E-state index contributed by atoms with van der Waals surface area (Å²) in [5.41, 5.74) is 3.48. The van der Waals surface area contributed by atoms with E-state index in [9.17, 15) is 4.79 Å². The van der Waals surface area contributed by atoms with Gasteiger partial charge < -0.3 is 4.74 Å². The van der Waals surface area contributed by atoms with E-state index < -0.39 is 6.10 Å². The third kappa shape index (κ3) is 5.09. The quantitative estimate of drug-likeness (QED) is 0.643. The summed E-state index contributed by atoms with van der Waals surface area (Å²) in [5.74, 6) is 0.942. The van der Waals surface area contributed by atoms with Crippen molar-refractivity contribution < 1.29 is 9.53 Å². The van der Waals surface area contributed by atoms with Crippen LogP contribution >= 0.6 is 0 Å². The number of benzene rings is 2. The van der Waals surface area contributed by atoms with Crippen LogP contribution in [-0.2, 0) is 4.79 Å². The van der Waals surface area contributed by atoms with Gasteiger partial charge in [-0.05, 0) is 49.1 Å². The molecule has 2 rings (SSSR count). The van der Waals surface area contributed by atoms with Gasteiger partial charge in [0, 0.05) is 5.71 Å². The van der Waals surface area contributed by atoms with Crippen LogP contribution in [-0.4, -0.2) is 17.7 Å². The normalized spacial score (nSPS) is 13.2. The summed E-state index contributed by atoms with van der Waals surface area (Å²) >= 11 is 0. The van der Waals surface area contributed by atoms with Crippen molar-refractivity contribution in [3.05, 3.63) is 42.5 Å². The van der Waals surface area contributed by atoms with E-state index >= 15 is 0 Å². The zero-order chi connectivity index (χ0) is 16.8. The highest BCUT2D eigenvalue weighted by atomic mass is 16.5. The third-order valence-electron chi connectivity index (χ3n) is 3.46. The largest absolute Gasteiger partial charge is 0.481 e. The molecule has 0 spiro atoms. The lowest BCUT2D eigenvalue weighted by Crippen LogP contribution is -2.33. The van der Waals surface area contributed by atoms with Crippen LogP contribution in [0.25, 0.3) is 10.8 Å². The fraction of sp³-hybridized carbons (Fsp3) is 0.368. The van der Waals surface area contributed by atoms with Gasteiger partial charge >= 0.3 is 0 Å². The van der Waals surface area contributed by atoms with Crippen LogP contribution in [0.5, 0.6) is 5.75 Å². The van der Waals surface area contributed by atoms with Crippen LogP contribution in [0.15, 0.2) is 47.6 Å². The number of ether oxygens (including phenoxy) is 1. The molecule has 1 atom stereocenters. The van der Waals surface area contributed by atoms with Gasteiger partial charge in [-0.3, -0.25) is 4.79 Å². The first-order chi connectivity index (χ1) is 11.0. The van der Waals surface area contributed by atoms with Crippen LogP contribution in [0.2, 0.25) is 0 Å². The monoisotopic (exact) mass is 312 g/mol. The highest BCUT2D eigenvalue weighted by molar-refractivity contribution is 5.86. The molecule has 0 aromatic heterocycles. The number of nitrogens with zero attached hydrogens (tertiary/aromatic N) is 1. The van der Waals surface area contributed by atoms with E-state index in [-0.39, 0.29) is 5.91 Å². The predicted molar refractivity (Wildman–Crippen MR) is 94.7 cm³/mol. The van der Waals surface area contributed by atoms with Gasteiger partial charge in [0.05, 0.1) is 0 Å². The second-order valence-electron chi connectivity index (χ2n) is 6.19. The van der Waals surface area contributed by atoms with Gasteiger partial charge in [0.25, 0.3) is 5.91 Å². The van der Waals surface area contributed by atoms with Crippen LogP contribution in [0.4, 0.5) is 0 Å². The number of carbonyl (C=O) groups excluding carboxylic acids is 1. The minimum Gasteiger partial charge on any atom is -0.481 e. The van der Waals surface area contributed by atoms with Crippen LogP contribution in [0, 0.1) is 5.92 Å². The average Bonchev–Trinajstić information content (AvgIpc) is 2.51. The van der Waals surface area contributed by atoms with Crippen LogP contribution in [0.3, 0.4) is 0 Å². The molecule has 1 N–H and O–H groups in total. The first kappa shape index (κ1) is 17.0. The standard InChI is InChI=1S/C19H24N2O2/c1-13(2)11-14(3)20-21-19(22)15(4)23-18-10-9-16-7-5-6-8-17(16)12-18/h5-10,12-13,15H,11H2,1-4H3,(H,21,22)/b20-14-/t15-/m1/s1. The van der Waals surface area contributed by atoms with Gasteiger partial charge in [-0.2, -0.15) is 5.10 Å². The minimum atomic E-state index is -0.605. The summed E-state index contributed by atoms with van der Waals surface area (Å²) in [4.78, 5) is 12.1. The van der Waals surface area contributed by atoms with E-state index in [1.807, 2.05) is 49.4 Å². The molecule has 0 aliphatic rings. The van der Waals surface area contributed by atoms with E-state index in [1.165, 1.54) is 0 Å². The SMILES string of the molecule is C/C(CC(C)C)=N/NC(=O)[C@@H](C)Oc1ccc2ccccc2c1. The number of rotatable bonds is 6. The molecule has 0 saturated carbocycles. The Morgan fingerprint density at radius 1 is 1.13 bits per heavy atom. The maximum Gasteiger partial charge on any atom is 0.280 e. The molecule has 1 amide bonds. The summed E-state index contributed by atoms with van der Waals surface area (Å²) in [6, 6.07) is 13.8. The topological polar surface area (TPSA) is 50.7 Å². The maximum absolute atomic E-state index is 12.1. The van der Waals surface area contributed by atoms with E-state index in [2.05, 4.69) is 24.4 Å². The van der Waals surface area contributed by atoms with Gasteiger partial charge in [0.1, 0.15) is 5.75 Å². The zero-order valence-electron chi connectivity index (χ0n) is 14.2. The van der Waals surface area contributed by atoms with E-state index in [0.29, 0.717) is 11.7 Å². The summed E-state index contributed by atoms with van der Waals surface area (Å²) in [7, 11) is 0. The molecule has 0 unspecified atom stereocenters. The molecule has 0 fully saturated rings. The molecule has 0 radical (unpaired) electrons. The van der Waals surface area contributed by atoms with Crippen molar-refractivity contribution in [1.29, 1.82) is 0 Å². The van der Waals surface area contributed by atoms with Crippen molar-refractivity contribution >= 4 is 22.4 Å². The zero-order valence-corrected chi connectivity index (χ0v) is 14.2. The first-order valence-corrected chi connectivity index (χ1v) is 7.94. The number of amides is 1. The highest BCUT2D eigenvalue weighted by Crippen LogP contribution is 2.21. The molecular weight excluding hydrogens is 288 g/mol.